The van der Waals surface area contributed by atoms with Gasteiger partial charge in [0.25, 0.3) is 0 Å². The summed E-state index contributed by atoms with van der Waals surface area (Å²) in [6.07, 6.45) is 22.3. The van der Waals surface area contributed by atoms with E-state index in [0.29, 0.717) is 10.8 Å². The predicted molar refractivity (Wildman–Crippen MR) is 127 cm³/mol. The van der Waals surface area contributed by atoms with Gasteiger partial charge in [-0.2, -0.15) is 0 Å². The molecule has 0 nitrogen and oxygen atoms in total. The molecule has 0 bridgehead atoms. The number of fused-ring (bicyclic) bond motifs is 5. The maximum Gasteiger partial charge on any atom is -0.00853 e. The van der Waals surface area contributed by atoms with Crippen LogP contribution in [-0.2, 0) is 0 Å². The fourth-order valence-corrected chi connectivity index (χ4v) is 8.94. The normalized spacial score (nSPS) is 44.2. The molecule has 0 heteroatoms. The Balaban J connectivity index is 1.51. The van der Waals surface area contributed by atoms with Gasteiger partial charge in [0, 0.05) is 0 Å². The third-order valence-corrected chi connectivity index (χ3v) is 10.7. The third kappa shape index (κ3) is 3.59. The number of rotatable bonds is 5. The smallest absolute Gasteiger partial charge is 0.00853 e. The SMILES string of the molecule is CCC(C=C[C@@H](C)[C@H]1CC[C@H]2[C@@H]3CCC4=CCCC[C@]4(C)[C@H]3CC[C@]12C)C(C)C. The molecule has 0 aromatic heterocycles. The lowest BCUT2D eigenvalue weighted by atomic mass is 9.46. The van der Waals surface area contributed by atoms with Crippen molar-refractivity contribution < 1.29 is 0 Å². The van der Waals surface area contributed by atoms with Crippen molar-refractivity contribution in [1.29, 1.82) is 0 Å². The van der Waals surface area contributed by atoms with Crippen LogP contribution >= 0.6 is 0 Å². The Hall–Kier alpha value is -0.520. The summed E-state index contributed by atoms with van der Waals surface area (Å²) in [6.45, 7) is 15.0. The van der Waals surface area contributed by atoms with Gasteiger partial charge in [0.15, 0.2) is 0 Å². The van der Waals surface area contributed by atoms with Gasteiger partial charge in [-0.3, -0.25) is 0 Å². The molecule has 0 aromatic carbocycles. The summed E-state index contributed by atoms with van der Waals surface area (Å²) in [5.74, 6) is 6.17. The molecule has 4 aliphatic carbocycles. The molecule has 4 aliphatic rings. The van der Waals surface area contributed by atoms with Crippen LogP contribution in [0, 0.1) is 52.3 Å². The van der Waals surface area contributed by atoms with E-state index in [9.17, 15) is 0 Å². The Morgan fingerprint density at radius 3 is 2.52 bits per heavy atom. The minimum Gasteiger partial charge on any atom is -0.0851 e. The van der Waals surface area contributed by atoms with Crippen LogP contribution in [0.3, 0.4) is 0 Å². The van der Waals surface area contributed by atoms with Gasteiger partial charge in [0.1, 0.15) is 0 Å². The minimum atomic E-state index is 0.553. The molecular weight excluding hydrogens is 348 g/mol. The molecule has 29 heavy (non-hydrogen) atoms. The predicted octanol–water partition coefficient (Wildman–Crippen LogP) is 8.83. The molecular formula is C29H48. The van der Waals surface area contributed by atoms with Gasteiger partial charge in [0.05, 0.1) is 0 Å². The first-order valence-electron chi connectivity index (χ1n) is 13.2. The van der Waals surface area contributed by atoms with Crippen LogP contribution in [0.1, 0.15) is 106 Å². The first-order chi connectivity index (χ1) is 13.8. The second-order valence-electron chi connectivity index (χ2n) is 12.2. The van der Waals surface area contributed by atoms with Crippen molar-refractivity contribution in [3.63, 3.8) is 0 Å². The maximum absolute atomic E-state index is 2.71. The molecule has 4 rings (SSSR count). The van der Waals surface area contributed by atoms with Crippen LogP contribution in [0.2, 0.25) is 0 Å². The third-order valence-electron chi connectivity index (χ3n) is 10.7. The van der Waals surface area contributed by atoms with E-state index in [-0.39, 0.29) is 0 Å². The highest BCUT2D eigenvalue weighted by atomic mass is 14.6. The molecule has 3 saturated carbocycles. The van der Waals surface area contributed by atoms with E-state index in [2.05, 4.69) is 59.8 Å². The van der Waals surface area contributed by atoms with Gasteiger partial charge in [-0.05, 0) is 116 Å². The molecule has 0 saturated heterocycles. The summed E-state index contributed by atoms with van der Waals surface area (Å²) in [7, 11) is 0. The topological polar surface area (TPSA) is 0 Å². The van der Waals surface area contributed by atoms with E-state index in [1.54, 1.807) is 0 Å². The number of hydrogen-bond donors (Lipinski definition) is 0. The first-order valence-corrected chi connectivity index (χ1v) is 13.2. The average molecular weight is 397 g/mol. The summed E-state index contributed by atoms with van der Waals surface area (Å²) < 4.78 is 0. The molecule has 0 heterocycles. The monoisotopic (exact) mass is 396 g/mol. The standard InChI is InChI=1S/C29H48/c1-7-22(20(2)3)12-11-21(4)25-15-16-26-24-14-13-23-10-8-9-18-28(23,5)27(24)17-19-29(25,26)6/h10-12,20-22,24-27H,7-9,13-19H2,1-6H3/t21-,22?,24+,25-,26+,27+,28+,29-/m1/s1. The van der Waals surface area contributed by atoms with Gasteiger partial charge < -0.3 is 0 Å². The maximum atomic E-state index is 2.71. The molecule has 3 fully saturated rings. The van der Waals surface area contributed by atoms with Crippen LogP contribution in [-0.4, -0.2) is 0 Å². The molecule has 0 radical (unpaired) electrons. The Bertz CT molecular complexity index is 638. The van der Waals surface area contributed by atoms with E-state index in [1.165, 1.54) is 64.2 Å². The van der Waals surface area contributed by atoms with E-state index in [4.69, 9.17) is 0 Å². The van der Waals surface area contributed by atoms with Crippen LogP contribution in [0.5, 0.6) is 0 Å². The van der Waals surface area contributed by atoms with E-state index >= 15 is 0 Å². The zero-order chi connectivity index (χ0) is 20.8. The Kier molecular flexibility index (Phi) is 6.14. The van der Waals surface area contributed by atoms with Crippen molar-refractivity contribution in [1.82, 2.24) is 0 Å². The highest BCUT2D eigenvalue weighted by Crippen LogP contribution is 2.67. The Labute approximate surface area is 182 Å². The van der Waals surface area contributed by atoms with Crippen LogP contribution < -0.4 is 0 Å². The van der Waals surface area contributed by atoms with Crippen molar-refractivity contribution in [2.45, 2.75) is 106 Å². The number of hydrogen-bond acceptors (Lipinski definition) is 0. The van der Waals surface area contributed by atoms with Gasteiger partial charge in [-0.1, -0.05) is 65.3 Å². The van der Waals surface area contributed by atoms with Gasteiger partial charge in [0.2, 0.25) is 0 Å². The van der Waals surface area contributed by atoms with Crippen LogP contribution in [0.15, 0.2) is 23.8 Å². The van der Waals surface area contributed by atoms with Crippen LogP contribution in [0.4, 0.5) is 0 Å². The lowest BCUT2D eigenvalue weighted by Gasteiger charge is -2.58. The largest absolute Gasteiger partial charge is 0.0851 e. The summed E-state index contributed by atoms with van der Waals surface area (Å²) in [6, 6.07) is 0. The Morgan fingerprint density at radius 1 is 1.00 bits per heavy atom. The quantitative estimate of drug-likeness (QED) is 0.407. The van der Waals surface area contributed by atoms with Crippen LogP contribution in [0.25, 0.3) is 0 Å². The minimum absolute atomic E-state index is 0.553. The zero-order valence-corrected chi connectivity index (χ0v) is 20.3. The fourth-order valence-electron chi connectivity index (χ4n) is 8.94. The highest BCUT2D eigenvalue weighted by Gasteiger charge is 2.58. The first kappa shape index (κ1) is 21.7. The van der Waals surface area contributed by atoms with Crippen molar-refractivity contribution >= 4 is 0 Å². The number of allylic oxidation sites excluding steroid dienone is 4. The summed E-state index contributed by atoms with van der Waals surface area (Å²) >= 11 is 0. The molecule has 0 aromatic rings. The summed E-state index contributed by atoms with van der Waals surface area (Å²) in [5.41, 5.74) is 3.01. The molecule has 0 spiro atoms. The summed E-state index contributed by atoms with van der Waals surface area (Å²) in [4.78, 5) is 0. The second-order valence-corrected chi connectivity index (χ2v) is 12.2. The summed E-state index contributed by atoms with van der Waals surface area (Å²) in [5, 5.41) is 0. The zero-order valence-electron chi connectivity index (χ0n) is 20.3. The van der Waals surface area contributed by atoms with Crippen molar-refractivity contribution in [3.8, 4) is 0 Å². The molecule has 0 N–H and O–H groups in total. The molecule has 8 atom stereocenters. The lowest BCUT2D eigenvalue weighted by molar-refractivity contribution is -0.0558. The van der Waals surface area contributed by atoms with E-state index in [0.717, 1.165) is 41.4 Å². The van der Waals surface area contributed by atoms with Crippen molar-refractivity contribution in [2.24, 2.45) is 52.3 Å². The van der Waals surface area contributed by atoms with Gasteiger partial charge >= 0.3 is 0 Å². The highest BCUT2D eigenvalue weighted by molar-refractivity contribution is 5.24. The second kappa shape index (κ2) is 8.20. The van der Waals surface area contributed by atoms with E-state index in [1.807, 2.05) is 5.57 Å². The van der Waals surface area contributed by atoms with E-state index < -0.39 is 0 Å². The van der Waals surface area contributed by atoms with Crippen molar-refractivity contribution in [2.75, 3.05) is 0 Å². The van der Waals surface area contributed by atoms with Crippen molar-refractivity contribution in [3.05, 3.63) is 23.8 Å². The Morgan fingerprint density at radius 2 is 1.79 bits per heavy atom. The lowest BCUT2D eigenvalue weighted by Crippen LogP contribution is -2.50. The molecule has 0 aliphatic heterocycles. The van der Waals surface area contributed by atoms with Gasteiger partial charge in [-0.15, -0.1) is 0 Å². The molecule has 1 unspecified atom stereocenters. The molecule has 164 valence electrons. The average Bonchev–Trinajstić information content (AvgIpc) is 3.05. The molecule has 0 amide bonds. The van der Waals surface area contributed by atoms with Gasteiger partial charge in [-0.25, -0.2) is 0 Å². The fraction of sp³-hybridized carbons (Fsp3) is 0.862.